The maximum atomic E-state index is 11.2. The van der Waals surface area contributed by atoms with E-state index in [-0.39, 0.29) is 19.4 Å². The molecule has 8 heteroatoms. The summed E-state index contributed by atoms with van der Waals surface area (Å²) in [6.45, 7) is 2.90. The molecular weight excluding hydrogens is 227 g/mol. The standard InChI is InChI=1S/C7H13O7P/c1-3-12-15(2,11)14-13-7(10)5-4-6(8)9/h3-5H2,1-2H3,(H,8,9). The van der Waals surface area contributed by atoms with Gasteiger partial charge in [0.25, 0.3) is 0 Å². The van der Waals surface area contributed by atoms with Gasteiger partial charge in [0.1, 0.15) is 0 Å². The number of carboxylic acid groups (broad SMARTS) is 1. The lowest BCUT2D eigenvalue weighted by atomic mass is 10.3. The Kier molecular flexibility index (Phi) is 6.15. The Labute approximate surface area is 86.8 Å². The Morgan fingerprint density at radius 1 is 1.33 bits per heavy atom. The molecule has 0 fully saturated rings. The zero-order chi connectivity index (χ0) is 11.9. The van der Waals surface area contributed by atoms with Crippen molar-refractivity contribution in [3.05, 3.63) is 0 Å². The van der Waals surface area contributed by atoms with Crippen LogP contribution in [0.5, 0.6) is 0 Å². The van der Waals surface area contributed by atoms with Gasteiger partial charge in [-0.05, 0) is 6.92 Å². The number of aliphatic carboxylic acids is 1. The molecular formula is C7H13O7P. The summed E-state index contributed by atoms with van der Waals surface area (Å²) in [6.07, 6.45) is -0.716. The van der Waals surface area contributed by atoms with Crippen molar-refractivity contribution < 1.29 is 33.3 Å². The summed E-state index contributed by atoms with van der Waals surface area (Å²) in [6, 6.07) is 0. The zero-order valence-corrected chi connectivity index (χ0v) is 9.36. The number of hydrogen-bond donors (Lipinski definition) is 1. The summed E-state index contributed by atoms with van der Waals surface area (Å²) >= 11 is 0. The van der Waals surface area contributed by atoms with Crippen LogP contribution in [-0.4, -0.2) is 30.3 Å². The van der Waals surface area contributed by atoms with Crippen LogP contribution in [0.1, 0.15) is 19.8 Å². The van der Waals surface area contributed by atoms with Gasteiger partial charge in [-0.2, -0.15) is 0 Å². The summed E-state index contributed by atoms with van der Waals surface area (Å²) in [5, 5.41) is 8.25. The fourth-order valence-electron chi connectivity index (χ4n) is 0.616. The van der Waals surface area contributed by atoms with Gasteiger partial charge in [0.15, 0.2) is 0 Å². The van der Waals surface area contributed by atoms with Crippen molar-refractivity contribution in [1.29, 1.82) is 0 Å². The van der Waals surface area contributed by atoms with Gasteiger partial charge in [0.05, 0.1) is 19.4 Å². The molecule has 0 aliphatic heterocycles. The maximum Gasteiger partial charge on any atom is 0.366 e. The van der Waals surface area contributed by atoms with E-state index in [2.05, 4.69) is 14.1 Å². The van der Waals surface area contributed by atoms with Crippen molar-refractivity contribution >= 4 is 19.5 Å². The third kappa shape index (κ3) is 8.11. The lowest BCUT2D eigenvalue weighted by Crippen LogP contribution is -2.07. The van der Waals surface area contributed by atoms with Crippen LogP contribution in [-0.2, 0) is 28.2 Å². The van der Waals surface area contributed by atoms with Crippen molar-refractivity contribution in [2.45, 2.75) is 19.8 Å². The van der Waals surface area contributed by atoms with Crippen LogP contribution < -0.4 is 0 Å². The second kappa shape index (κ2) is 6.55. The zero-order valence-electron chi connectivity index (χ0n) is 8.47. The van der Waals surface area contributed by atoms with Gasteiger partial charge in [0, 0.05) is 6.66 Å². The first kappa shape index (κ1) is 14.1. The molecule has 0 amide bonds. The molecule has 0 saturated heterocycles. The average Bonchev–Trinajstić information content (AvgIpc) is 2.11. The highest BCUT2D eigenvalue weighted by Gasteiger charge is 2.20. The quantitative estimate of drug-likeness (QED) is 0.405. The van der Waals surface area contributed by atoms with Crippen molar-refractivity contribution in [3.63, 3.8) is 0 Å². The molecule has 0 aliphatic carbocycles. The molecule has 0 rings (SSSR count). The molecule has 0 aromatic rings. The second-order valence-electron chi connectivity index (χ2n) is 2.61. The minimum absolute atomic E-state index is 0.153. The topological polar surface area (TPSA) is 99.1 Å². The summed E-state index contributed by atoms with van der Waals surface area (Å²) in [5.41, 5.74) is 0. The van der Waals surface area contributed by atoms with E-state index in [9.17, 15) is 14.2 Å². The summed E-state index contributed by atoms with van der Waals surface area (Å²) < 4.78 is 20.1. The van der Waals surface area contributed by atoms with Gasteiger partial charge in [-0.25, -0.2) is 4.79 Å². The molecule has 0 spiro atoms. The lowest BCUT2D eigenvalue weighted by molar-refractivity contribution is -0.218. The van der Waals surface area contributed by atoms with Crippen LogP contribution in [0.15, 0.2) is 0 Å². The average molecular weight is 240 g/mol. The molecule has 1 N–H and O–H groups in total. The SMILES string of the molecule is CCOP(C)(=O)OOC(=O)CCC(=O)O. The lowest BCUT2D eigenvalue weighted by Gasteiger charge is -2.10. The van der Waals surface area contributed by atoms with E-state index in [1.165, 1.54) is 0 Å². The van der Waals surface area contributed by atoms with Gasteiger partial charge < -0.3 is 9.63 Å². The van der Waals surface area contributed by atoms with Crippen LogP contribution in [0.3, 0.4) is 0 Å². The number of carbonyl (C=O) groups is 2. The van der Waals surface area contributed by atoms with Crippen molar-refractivity contribution in [2.24, 2.45) is 0 Å². The van der Waals surface area contributed by atoms with Crippen LogP contribution in [0.25, 0.3) is 0 Å². The number of hydrogen-bond acceptors (Lipinski definition) is 6. The molecule has 1 unspecified atom stereocenters. The Balaban J connectivity index is 3.80. The van der Waals surface area contributed by atoms with Gasteiger partial charge >= 0.3 is 19.5 Å². The van der Waals surface area contributed by atoms with E-state index >= 15 is 0 Å². The molecule has 15 heavy (non-hydrogen) atoms. The highest BCUT2D eigenvalue weighted by Crippen LogP contribution is 2.43. The molecule has 0 bridgehead atoms. The monoisotopic (exact) mass is 240 g/mol. The summed E-state index contributed by atoms with van der Waals surface area (Å²) in [4.78, 5) is 25.0. The van der Waals surface area contributed by atoms with E-state index in [0.717, 1.165) is 6.66 Å². The van der Waals surface area contributed by atoms with E-state index < -0.39 is 19.5 Å². The third-order valence-electron chi connectivity index (χ3n) is 1.17. The minimum Gasteiger partial charge on any atom is -0.481 e. The summed E-state index contributed by atoms with van der Waals surface area (Å²) in [7, 11) is -3.38. The first-order chi connectivity index (χ1) is 6.87. The van der Waals surface area contributed by atoms with Crippen LogP contribution in [0.4, 0.5) is 0 Å². The van der Waals surface area contributed by atoms with Crippen molar-refractivity contribution in [1.82, 2.24) is 0 Å². The maximum absolute atomic E-state index is 11.2. The first-order valence-electron chi connectivity index (χ1n) is 4.20. The predicted octanol–water partition coefficient (Wildman–Crippen LogP) is 1.19. The number of carboxylic acids is 1. The van der Waals surface area contributed by atoms with E-state index in [0.29, 0.717) is 0 Å². The molecule has 0 aromatic heterocycles. The normalized spacial score (nSPS) is 14.3. The highest BCUT2D eigenvalue weighted by molar-refractivity contribution is 7.52. The highest BCUT2D eigenvalue weighted by atomic mass is 31.2. The van der Waals surface area contributed by atoms with Gasteiger partial charge in [-0.3, -0.25) is 14.2 Å². The molecule has 1 atom stereocenters. The number of carbonyl (C=O) groups excluding carboxylic acids is 1. The Bertz CT molecular complexity index is 275. The second-order valence-corrected chi connectivity index (χ2v) is 4.56. The first-order valence-corrected chi connectivity index (χ1v) is 6.19. The summed E-state index contributed by atoms with van der Waals surface area (Å²) in [5.74, 6) is -2.03. The molecule has 0 radical (unpaired) electrons. The largest absolute Gasteiger partial charge is 0.481 e. The predicted molar refractivity (Wildman–Crippen MR) is 49.2 cm³/mol. The van der Waals surface area contributed by atoms with Crippen molar-refractivity contribution in [3.8, 4) is 0 Å². The molecule has 0 heterocycles. The smallest absolute Gasteiger partial charge is 0.366 e. The van der Waals surface area contributed by atoms with Gasteiger partial charge in [0.2, 0.25) is 0 Å². The Morgan fingerprint density at radius 3 is 2.40 bits per heavy atom. The minimum atomic E-state index is -3.38. The molecule has 0 saturated carbocycles. The fraction of sp³-hybridized carbons (Fsp3) is 0.714. The third-order valence-corrected chi connectivity index (χ3v) is 2.24. The molecule has 7 nitrogen and oxygen atoms in total. The fourth-order valence-corrected chi connectivity index (χ4v) is 1.35. The van der Waals surface area contributed by atoms with Crippen LogP contribution in [0, 0.1) is 0 Å². The van der Waals surface area contributed by atoms with Crippen LogP contribution >= 0.6 is 7.60 Å². The van der Waals surface area contributed by atoms with Crippen LogP contribution in [0.2, 0.25) is 0 Å². The van der Waals surface area contributed by atoms with Gasteiger partial charge in [-0.15, -0.1) is 0 Å². The van der Waals surface area contributed by atoms with Gasteiger partial charge in [-0.1, -0.05) is 4.67 Å². The molecule has 0 aliphatic rings. The Morgan fingerprint density at radius 2 is 1.93 bits per heavy atom. The van der Waals surface area contributed by atoms with E-state index in [1.54, 1.807) is 6.92 Å². The molecule has 0 aromatic carbocycles. The van der Waals surface area contributed by atoms with E-state index in [4.69, 9.17) is 5.11 Å². The number of rotatable bonds is 7. The van der Waals surface area contributed by atoms with Crippen molar-refractivity contribution in [2.75, 3.05) is 13.3 Å². The Hall–Kier alpha value is -0.910. The molecule has 88 valence electrons. The van der Waals surface area contributed by atoms with E-state index in [1.807, 2.05) is 0 Å².